The van der Waals surface area contributed by atoms with Crippen molar-refractivity contribution in [3.05, 3.63) is 63.3 Å². The highest BCUT2D eigenvalue weighted by atomic mass is 35.5. The molecule has 0 radical (unpaired) electrons. The van der Waals surface area contributed by atoms with Crippen molar-refractivity contribution in [3.8, 4) is 5.75 Å². The normalized spacial score (nSPS) is 11.7. The van der Waals surface area contributed by atoms with Gasteiger partial charge in [0.1, 0.15) is 5.75 Å². The van der Waals surface area contributed by atoms with Crippen molar-refractivity contribution in [1.29, 1.82) is 0 Å². The maximum absolute atomic E-state index is 13.2. The number of phenolic OH excluding ortho intramolecular Hbond substituents is 1. The van der Waals surface area contributed by atoms with E-state index in [0.717, 1.165) is 0 Å². The average molecular weight is 406 g/mol. The van der Waals surface area contributed by atoms with E-state index in [0.29, 0.717) is 32.7 Å². The molecule has 0 amide bonds. The molecule has 0 saturated heterocycles. The Kier molecular flexibility index (Phi) is 4.70. The number of phenols is 1. The molecule has 27 heavy (non-hydrogen) atoms. The highest BCUT2D eigenvalue weighted by Gasteiger charge is 2.36. The number of halogens is 2. The monoisotopic (exact) mass is 405 g/mol. The largest absolute Gasteiger partial charge is 0.508 e. The Morgan fingerprint density at radius 2 is 1.70 bits per heavy atom. The van der Waals surface area contributed by atoms with Crippen molar-refractivity contribution < 1.29 is 19.8 Å². The highest BCUT2D eigenvalue weighted by molar-refractivity contribution is 6.42. The summed E-state index contributed by atoms with van der Waals surface area (Å²) >= 11 is 12.0. The molecule has 5 nitrogen and oxygen atoms in total. The number of fused-ring (bicyclic) bond motifs is 1. The lowest BCUT2D eigenvalue weighted by molar-refractivity contribution is -0.142. The lowest BCUT2D eigenvalue weighted by Gasteiger charge is -2.20. The number of aromatic nitrogens is 1. The van der Waals surface area contributed by atoms with Crippen molar-refractivity contribution >= 4 is 46.0 Å². The highest BCUT2D eigenvalue weighted by Crippen LogP contribution is 2.38. The van der Waals surface area contributed by atoms with Crippen LogP contribution in [0.25, 0.3) is 10.9 Å². The van der Waals surface area contributed by atoms with Gasteiger partial charge < -0.3 is 10.2 Å². The van der Waals surface area contributed by atoms with E-state index in [1.165, 1.54) is 28.8 Å². The molecule has 0 fully saturated rings. The van der Waals surface area contributed by atoms with E-state index < -0.39 is 11.4 Å². The number of carbonyl (C=O) groups is 2. The molecule has 0 aliphatic carbocycles. The first-order valence-corrected chi connectivity index (χ1v) is 8.89. The number of nitrogens with zero attached hydrogens (tertiary/aromatic N) is 1. The number of benzene rings is 2. The first-order chi connectivity index (χ1) is 12.6. The number of hydrogen-bond acceptors (Lipinski definition) is 3. The topological polar surface area (TPSA) is 79.5 Å². The minimum atomic E-state index is -1.26. The van der Waals surface area contributed by atoms with Crippen molar-refractivity contribution in [2.45, 2.75) is 26.2 Å². The summed E-state index contributed by atoms with van der Waals surface area (Å²) in [5, 5.41) is 20.7. The van der Waals surface area contributed by atoms with Gasteiger partial charge >= 0.3 is 5.97 Å². The molecule has 1 heterocycles. The first-order valence-electron chi connectivity index (χ1n) is 8.13. The summed E-state index contributed by atoms with van der Waals surface area (Å²) in [5.41, 5.74) is 0.510. The van der Waals surface area contributed by atoms with E-state index in [4.69, 9.17) is 23.2 Å². The van der Waals surface area contributed by atoms with Crippen LogP contribution in [0.15, 0.2) is 36.4 Å². The van der Waals surface area contributed by atoms with Crippen LogP contribution in [0.2, 0.25) is 10.0 Å². The van der Waals surface area contributed by atoms with Crippen LogP contribution < -0.4 is 0 Å². The minimum absolute atomic E-state index is 0.0101. The lowest BCUT2D eigenvalue weighted by Crippen LogP contribution is -2.29. The van der Waals surface area contributed by atoms with Gasteiger partial charge in [-0.2, -0.15) is 0 Å². The number of carboxylic acids is 1. The van der Waals surface area contributed by atoms with Crippen molar-refractivity contribution in [1.82, 2.24) is 4.57 Å². The summed E-state index contributed by atoms with van der Waals surface area (Å²) in [4.78, 5) is 25.0. The zero-order valence-electron chi connectivity index (χ0n) is 14.9. The number of hydrogen-bond donors (Lipinski definition) is 2. The Labute approximate surface area is 165 Å². The number of carbonyl (C=O) groups excluding carboxylic acids is 1. The van der Waals surface area contributed by atoms with Gasteiger partial charge in [-0.15, -0.1) is 0 Å². The summed E-state index contributed by atoms with van der Waals surface area (Å²) < 4.78 is 1.44. The lowest BCUT2D eigenvalue weighted by atomic mass is 9.83. The van der Waals surface area contributed by atoms with Crippen molar-refractivity contribution in [3.63, 3.8) is 0 Å². The van der Waals surface area contributed by atoms with E-state index in [2.05, 4.69) is 0 Å². The predicted molar refractivity (Wildman–Crippen MR) is 105 cm³/mol. The molecule has 0 saturated carbocycles. The van der Waals surface area contributed by atoms with Gasteiger partial charge in [-0.3, -0.25) is 14.2 Å². The number of carboxylic acid groups (broad SMARTS) is 1. The molecule has 2 aromatic carbocycles. The Hall–Kier alpha value is -2.50. The van der Waals surface area contributed by atoms with Crippen LogP contribution in [0.4, 0.5) is 0 Å². The standard InChI is InChI=1S/C20H17Cl2NO4/c1-10-17(20(2,3)19(26)27)13-9-12(24)5-7-16(13)23(10)18(25)11-4-6-14(21)15(22)8-11/h4-9,24H,1-3H3,(H,26,27). The minimum Gasteiger partial charge on any atom is -0.508 e. The predicted octanol–water partition coefficient (Wildman–Crippen LogP) is 5.01. The summed E-state index contributed by atoms with van der Waals surface area (Å²) in [7, 11) is 0. The molecule has 0 bridgehead atoms. The second-order valence-corrected chi connectivity index (χ2v) is 7.68. The first kappa shape index (κ1) is 19.3. The maximum Gasteiger partial charge on any atom is 0.313 e. The summed E-state index contributed by atoms with van der Waals surface area (Å²) in [6, 6.07) is 9.09. The van der Waals surface area contributed by atoms with E-state index in [-0.39, 0.29) is 16.7 Å². The molecular weight excluding hydrogens is 389 g/mol. The molecule has 3 rings (SSSR count). The zero-order chi connectivity index (χ0) is 20.1. The molecule has 2 N–H and O–H groups in total. The van der Waals surface area contributed by atoms with Crippen LogP contribution in [0, 0.1) is 6.92 Å². The quantitative estimate of drug-likeness (QED) is 0.641. The number of rotatable bonds is 3. The Bertz CT molecular complexity index is 1100. The van der Waals surface area contributed by atoms with E-state index in [1.54, 1.807) is 32.9 Å². The van der Waals surface area contributed by atoms with Gasteiger partial charge in [0.2, 0.25) is 0 Å². The molecule has 0 spiro atoms. The Morgan fingerprint density at radius 1 is 1.04 bits per heavy atom. The van der Waals surface area contributed by atoms with Crippen molar-refractivity contribution in [2.24, 2.45) is 0 Å². The van der Waals surface area contributed by atoms with Crippen molar-refractivity contribution in [2.75, 3.05) is 0 Å². The molecule has 0 atom stereocenters. The fourth-order valence-electron chi connectivity index (χ4n) is 3.32. The average Bonchev–Trinajstić information content (AvgIpc) is 2.88. The van der Waals surface area contributed by atoms with Gasteiger partial charge in [0, 0.05) is 16.6 Å². The van der Waals surface area contributed by atoms with Gasteiger partial charge in [0.05, 0.1) is 21.0 Å². The summed E-state index contributed by atoms with van der Waals surface area (Å²) in [5.74, 6) is -1.41. The molecule has 0 unspecified atom stereocenters. The third-order valence-electron chi connectivity index (χ3n) is 4.72. The molecule has 0 aliphatic heterocycles. The Morgan fingerprint density at radius 3 is 2.30 bits per heavy atom. The van der Waals surface area contributed by atoms with Gasteiger partial charge in [0.25, 0.3) is 5.91 Å². The van der Waals surface area contributed by atoms with Crippen LogP contribution in [0.3, 0.4) is 0 Å². The third kappa shape index (κ3) is 3.07. The second kappa shape index (κ2) is 6.59. The van der Waals surface area contributed by atoms with Crippen LogP contribution in [-0.4, -0.2) is 26.7 Å². The van der Waals surface area contributed by atoms with E-state index >= 15 is 0 Å². The molecule has 0 aliphatic rings. The van der Waals surface area contributed by atoms with Gasteiger partial charge in [-0.1, -0.05) is 23.2 Å². The smallest absolute Gasteiger partial charge is 0.313 e. The van der Waals surface area contributed by atoms with Crippen LogP contribution >= 0.6 is 23.2 Å². The third-order valence-corrected chi connectivity index (χ3v) is 5.46. The van der Waals surface area contributed by atoms with Crippen LogP contribution in [0.1, 0.15) is 35.5 Å². The summed E-state index contributed by atoms with van der Waals surface area (Å²) in [6.07, 6.45) is 0. The molecule has 140 valence electrons. The van der Waals surface area contributed by atoms with Gasteiger partial charge in [-0.25, -0.2) is 0 Å². The van der Waals surface area contributed by atoms with Gasteiger partial charge in [0.15, 0.2) is 0 Å². The molecular formula is C20H17Cl2NO4. The van der Waals surface area contributed by atoms with Crippen LogP contribution in [0.5, 0.6) is 5.75 Å². The fourth-order valence-corrected chi connectivity index (χ4v) is 3.62. The SMILES string of the molecule is Cc1c(C(C)(C)C(=O)O)c2cc(O)ccc2n1C(=O)c1ccc(Cl)c(Cl)c1. The second-order valence-electron chi connectivity index (χ2n) is 6.86. The summed E-state index contributed by atoms with van der Waals surface area (Å²) in [6.45, 7) is 4.82. The molecule has 7 heteroatoms. The number of aliphatic carboxylic acids is 1. The molecule has 1 aromatic heterocycles. The Balaban J connectivity index is 2.34. The van der Waals surface area contributed by atoms with E-state index in [1.807, 2.05) is 0 Å². The fraction of sp³-hybridized carbons (Fsp3) is 0.200. The number of aromatic hydroxyl groups is 1. The van der Waals surface area contributed by atoms with E-state index in [9.17, 15) is 19.8 Å². The maximum atomic E-state index is 13.2. The zero-order valence-corrected chi connectivity index (χ0v) is 16.4. The molecule has 3 aromatic rings. The van der Waals surface area contributed by atoms with Crippen LogP contribution in [-0.2, 0) is 10.2 Å². The van der Waals surface area contributed by atoms with Gasteiger partial charge in [-0.05, 0) is 62.7 Å².